The monoisotopic (exact) mass is 482 g/mol. The molecule has 1 amide bonds. The van der Waals surface area contributed by atoms with Gasteiger partial charge in [0, 0.05) is 12.6 Å². The van der Waals surface area contributed by atoms with Crippen LogP contribution >= 0.6 is 22.7 Å². The van der Waals surface area contributed by atoms with Crippen LogP contribution in [-0.2, 0) is 6.54 Å². The van der Waals surface area contributed by atoms with Crippen LogP contribution in [-0.4, -0.2) is 41.4 Å². The summed E-state index contributed by atoms with van der Waals surface area (Å²) in [5.41, 5.74) is 1.65. The van der Waals surface area contributed by atoms with E-state index in [-0.39, 0.29) is 24.6 Å². The highest BCUT2D eigenvalue weighted by molar-refractivity contribution is 7.23. The van der Waals surface area contributed by atoms with E-state index in [4.69, 9.17) is 9.47 Å². The number of aromatic nitrogens is 3. The summed E-state index contributed by atoms with van der Waals surface area (Å²) in [6, 6.07) is 12.3. The predicted molar refractivity (Wildman–Crippen MR) is 130 cm³/mol. The highest BCUT2D eigenvalue weighted by atomic mass is 32.1. The molecule has 10 heteroatoms. The summed E-state index contributed by atoms with van der Waals surface area (Å²) < 4.78 is 11.9. The molecule has 4 aromatic rings. The van der Waals surface area contributed by atoms with E-state index in [9.17, 15) is 9.59 Å². The lowest BCUT2D eigenvalue weighted by molar-refractivity contribution is 0.0948. The van der Waals surface area contributed by atoms with Gasteiger partial charge in [-0.3, -0.25) is 9.59 Å². The van der Waals surface area contributed by atoms with Gasteiger partial charge < -0.3 is 14.8 Å². The van der Waals surface area contributed by atoms with Crippen molar-refractivity contribution in [2.24, 2.45) is 0 Å². The minimum absolute atomic E-state index is 0.220. The molecule has 1 N–H and O–H groups in total. The number of carbonyl (C=O) groups excluding carboxylic acids is 1. The SMILES string of the molecule is COc1cccc(C(=O)NCCn2nc(-c3sc(-c4cccs4)nc3C)ccc2=O)c1OC. The molecule has 0 atom stereocenters. The van der Waals surface area contributed by atoms with Crippen molar-refractivity contribution in [1.82, 2.24) is 20.1 Å². The quantitative estimate of drug-likeness (QED) is 0.410. The molecule has 0 saturated heterocycles. The molecule has 0 saturated carbocycles. The zero-order chi connectivity index (χ0) is 23.4. The summed E-state index contributed by atoms with van der Waals surface area (Å²) >= 11 is 3.18. The lowest BCUT2D eigenvalue weighted by Gasteiger charge is -2.13. The normalized spacial score (nSPS) is 10.8. The second-order valence-corrected chi connectivity index (χ2v) is 8.93. The topological polar surface area (TPSA) is 95.3 Å². The van der Waals surface area contributed by atoms with E-state index in [1.807, 2.05) is 24.4 Å². The fourth-order valence-corrected chi connectivity index (χ4v) is 5.13. The standard InChI is InChI=1S/C23H22N4O4S2/c1-14-21(33-23(25-14)18-8-5-13-32-18)16-9-10-19(28)27(26-16)12-11-24-22(29)15-6-4-7-17(30-2)20(15)31-3/h4-10,13H,11-12H2,1-3H3,(H,24,29). The molecule has 0 bridgehead atoms. The number of nitrogens with zero attached hydrogens (tertiary/aromatic N) is 3. The Balaban J connectivity index is 1.49. The lowest BCUT2D eigenvalue weighted by atomic mass is 10.1. The van der Waals surface area contributed by atoms with Gasteiger partial charge in [0.25, 0.3) is 11.5 Å². The van der Waals surface area contributed by atoms with Gasteiger partial charge in [0.15, 0.2) is 11.5 Å². The van der Waals surface area contributed by atoms with Gasteiger partial charge in [-0.1, -0.05) is 12.1 Å². The maximum absolute atomic E-state index is 12.7. The lowest BCUT2D eigenvalue weighted by Crippen LogP contribution is -2.32. The summed E-state index contributed by atoms with van der Waals surface area (Å²) in [6.07, 6.45) is 0. The van der Waals surface area contributed by atoms with Gasteiger partial charge >= 0.3 is 0 Å². The van der Waals surface area contributed by atoms with Gasteiger partial charge in [-0.15, -0.1) is 22.7 Å². The number of carbonyl (C=O) groups is 1. The van der Waals surface area contributed by atoms with Crippen LogP contribution in [0, 0.1) is 6.92 Å². The second-order valence-electron chi connectivity index (χ2n) is 6.99. The maximum Gasteiger partial charge on any atom is 0.266 e. The zero-order valence-electron chi connectivity index (χ0n) is 18.3. The molecule has 0 spiro atoms. The Kier molecular flexibility index (Phi) is 6.85. The van der Waals surface area contributed by atoms with E-state index >= 15 is 0 Å². The first-order valence-corrected chi connectivity index (χ1v) is 11.8. The Morgan fingerprint density at radius 2 is 1.97 bits per heavy atom. The summed E-state index contributed by atoms with van der Waals surface area (Å²) in [6.45, 7) is 2.37. The van der Waals surface area contributed by atoms with Gasteiger partial charge in [-0.05, 0) is 36.6 Å². The molecular formula is C23H22N4O4S2. The molecule has 0 fully saturated rings. The Hall–Kier alpha value is -3.50. The molecule has 3 heterocycles. The van der Waals surface area contributed by atoms with Crippen molar-refractivity contribution in [1.29, 1.82) is 0 Å². The van der Waals surface area contributed by atoms with Crippen LogP contribution < -0.4 is 20.3 Å². The largest absolute Gasteiger partial charge is 0.493 e. The number of benzene rings is 1. The molecular weight excluding hydrogens is 460 g/mol. The second kappa shape index (κ2) is 9.97. The van der Waals surface area contributed by atoms with E-state index in [0.29, 0.717) is 22.8 Å². The third kappa shape index (κ3) is 4.81. The first-order chi connectivity index (χ1) is 16.0. The van der Waals surface area contributed by atoms with Crippen molar-refractivity contribution < 1.29 is 14.3 Å². The molecule has 0 aliphatic carbocycles. The number of ether oxygens (including phenoxy) is 2. The number of aryl methyl sites for hydroxylation is 1. The maximum atomic E-state index is 12.7. The number of thiophene rings is 1. The molecule has 4 rings (SSSR count). The molecule has 33 heavy (non-hydrogen) atoms. The zero-order valence-corrected chi connectivity index (χ0v) is 20.0. The third-order valence-electron chi connectivity index (χ3n) is 4.88. The van der Waals surface area contributed by atoms with Crippen LogP contribution in [0.2, 0.25) is 0 Å². The van der Waals surface area contributed by atoms with Crippen molar-refractivity contribution in [3.05, 3.63) is 69.5 Å². The first kappa shape index (κ1) is 22.7. The number of thiazole rings is 1. The number of hydrogen-bond acceptors (Lipinski definition) is 8. The molecule has 0 radical (unpaired) electrons. The predicted octanol–water partition coefficient (Wildman–Crippen LogP) is 3.85. The highest BCUT2D eigenvalue weighted by Gasteiger charge is 2.17. The van der Waals surface area contributed by atoms with Crippen LogP contribution in [0.1, 0.15) is 16.1 Å². The molecule has 0 unspecified atom stereocenters. The number of amides is 1. The summed E-state index contributed by atoms with van der Waals surface area (Å²) in [5.74, 6) is 0.503. The Labute approximate surface area is 198 Å². The van der Waals surface area contributed by atoms with Crippen molar-refractivity contribution in [3.8, 4) is 32.0 Å². The minimum atomic E-state index is -0.325. The van der Waals surface area contributed by atoms with Crippen LogP contribution in [0.15, 0.2) is 52.6 Å². The minimum Gasteiger partial charge on any atom is -0.493 e. The number of hydrogen-bond donors (Lipinski definition) is 1. The average molecular weight is 483 g/mol. The molecule has 8 nitrogen and oxygen atoms in total. The van der Waals surface area contributed by atoms with Crippen molar-refractivity contribution in [2.75, 3.05) is 20.8 Å². The fourth-order valence-electron chi connectivity index (χ4n) is 3.31. The fraction of sp³-hybridized carbons (Fsp3) is 0.217. The Morgan fingerprint density at radius 1 is 1.12 bits per heavy atom. The van der Waals surface area contributed by atoms with Gasteiger partial charge in [-0.25, -0.2) is 9.67 Å². The molecule has 1 aromatic carbocycles. The van der Waals surface area contributed by atoms with E-state index < -0.39 is 0 Å². The van der Waals surface area contributed by atoms with Crippen LogP contribution in [0.5, 0.6) is 11.5 Å². The molecule has 0 aliphatic rings. The van der Waals surface area contributed by atoms with Crippen molar-refractivity contribution in [3.63, 3.8) is 0 Å². The summed E-state index contributed by atoms with van der Waals surface area (Å²) in [7, 11) is 2.99. The molecule has 170 valence electrons. The number of rotatable bonds is 8. The highest BCUT2D eigenvalue weighted by Crippen LogP contribution is 2.35. The molecule has 3 aromatic heterocycles. The number of methoxy groups -OCH3 is 2. The Morgan fingerprint density at radius 3 is 2.70 bits per heavy atom. The average Bonchev–Trinajstić information content (AvgIpc) is 3.49. The number of nitrogens with one attached hydrogen (secondary N) is 1. The van der Waals surface area contributed by atoms with Crippen molar-refractivity contribution >= 4 is 28.6 Å². The van der Waals surface area contributed by atoms with Gasteiger partial charge in [0.2, 0.25) is 0 Å². The molecule has 0 aliphatic heterocycles. The van der Waals surface area contributed by atoms with E-state index in [2.05, 4.69) is 15.4 Å². The smallest absolute Gasteiger partial charge is 0.266 e. The third-order valence-corrected chi connectivity index (χ3v) is 7.10. The first-order valence-electron chi connectivity index (χ1n) is 10.1. The van der Waals surface area contributed by atoms with Gasteiger partial charge in [0.05, 0.1) is 41.8 Å². The van der Waals surface area contributed by atoms with Crippen LogP contribution in [0.3, 0.4) is 0 Å². The van der Waals surface area contributed by atoms with E-state index in [1.54, 1.807) is 46.9 Å². The van der Waals surface area contributed by atoms with Gasteiger partial charge in [-0.2, -0.15) is 5.10 Å². The van der Waals surface area contributed by atoms with Gasteiger partial charge in [0.1, 0.15) is 10.7 Å². The van der Waals surface area contributed by atoms with Crippen LogP contribution in [0.25, 0.3) is 20.5 Å². The van der Waals surface area contributed by atoms with Crippen molar-refractivity contribution in [2.45, 2.75) is 13.5 Å². The Bertz CT molecular complexity index is 1330. The summed E-state index contributed by atoms with van der Waals surface area (Å²) in [4.78, 5) is 31.7. The summed E-state index contributed by atoms with van der Waals surface area (Å²) in [5, 5.41) is 10.3. The number of para-hydroxylation sites is 1. The van der Waals surface area contributed by atoms with E-state index in [1.165, 1.54) is 25.0 Å². The van der Waals surface area contributed by atoms with E-state index in [0.717, 1.165) is 20.5 Å². The van der Waals surface area contributed by atoms with Crippen LogP contribution in [0.4, 0.5) is 0 Å².